The molecule has 3 aromatic carbocycles. The summed E-state index contributed by atoms with van der Waals surface area (Å²) in [6, 6.07) is 20.9. The molecule has 1 aromatic heterocycles. The number of allylic oxidation sites excluding steroid dienone is 1. The Morgan fingerprint density at radius 1 is 1.06 bits per heavy atom. The molecule has 1 heterocycles. The SMILES string of the molecule is C/C=C/c1ccc(OCCCCn2c(CNC(=O)c3ccccc3Cl)nc3ccccc32)c(OC)c1. The van der Waals surface area contributed by atoms with Gasteiger partial charge in [0, 0.05) is 6.54 Å². The van der Waals surface area contributed by atoms with Gasteiger partial charge < -0.3 is 19.4 Å². The molecule has 0 bridgehead atoms. The summed E-state index contributed by atoms with van der Waals surface area (Å²) in [6.45, 7) is 3.63. The van der Waals surface area contributed by atoms with Gasteiger partial charge in [0.2, 0.25) is 0 Å². The Balaban J connectivity index is 1.37. The largest absolute Gasteiger partial charge is 0.493 e. The number of carbonyl (C=O) groups excluding carboxylic acids is 1. The van der Waals surface area contributed by atoms with Gasteiger partial charge in [0.25, 0.3) is 5.91 Å². The van der Waals surface area contributed by atoms with E-state index in [1.54, 1.807) is 31.4 Å². The first-order valence-corrected chi connectivity index (χ1v) is 12.4. The van der Waals surface area contributed by atoms with Crippen molar-refractivity contribution in [1.82, 2.24) is 14.9 Å². The van der Waals surface area contributed by atoms with E-state index in [0.29, 0.717) is 23.7 Å². The second kappa shape index (κ2) is 12.3. The Hall–Kier alpha value is -3.77. The van der Waals surface area contributed by atoms with Crippen molar-refractivity contribution in [2.24, 2.45) is 0 Å². The molecular formula is C29H30ClN3O3. The number of halogens is 1. The van der Waals surface area contributed by atoms with E-state index < -0.39 is 0 Å². The Bertz CT molecular complexity index is 1360. The molecule has 0 spiro atoms. The fourth-order valence-corrected chi connectivity index (χ4v) is 4.28. The van der Waals surface area contributed by atoms with E-state index in [9.17, 15) is 4.79 Å². The lowest BCUT2D eigenvalue weighted by Crippen LogP contribution is -2.25. The first-order chi connectivity index (χ1) is 17.6. The maximum atomic E-state index is 12.6. The van der Waals surface area contributed by atoms with Crippen molar-refractivity contribution in [1.29, 1.82) is 0 Å². The van der Waals surface area contributed by atoms with Crippen LogP contribution < -0.4 is 14.8 Å². The number of fused-ring (bicyclic) bond motifs is 1. The number of rotatable bonds is 11. The van der Waals surface area contributed by atoms with Gasteiger partial charge in [0.1, 0.15) is 5.82 Å². The zero-order valence-corrected chi connectivity index (χ0v) is 21.3. The highest BCUT2D eigenvalue weighted by atomic mass is 35.5. The average molecular weight is 504 g/mol. The molecule has 0 saturated heterocycles. The smallest absolute Gasteiger partial charge is 0.253 e. The molecule has 0 unspecified atom stereocenters. The van der Waals surface area contributed by atoms with Crippen LogP contribution in [0.15, 0.2) is 72.8 Å². The summed E-state index contributed by atoms with van der Waals surface area (Å²) in [7, 11) is 1.65. The molecule has 1 N–H and O–H groups in total. The van der Waals surface area contributed by atoms with E-state index in [1.165, 1.54) is 0 Å². The predicted octanol–water partition coefficient (Wildman–Crippen LogP) is 6.52. The lowest BCUT2D eigenvalue weighted by molar-refractivity contribution is 0.0949. The molecule has 186 valence electrons. The van der Waals surface area contributed by atoms with Crippen LogP contribution in [0.5, 0.6) is 11.5 Å². The Labute approximate surface area is 216 Å². The van der Waals surface area contributed by atoms with Crippen LogP contribution >= 0.6 is 11.6 Å². The third-order valence-corrected chi connectivity index (χ3v) is 6.17. The van der Waals surface area contributed by atoms with Gasteiger partial charge in [-0.2, -0.15) is 0 Å². The summed E-state index contributed by atoms with van der Waals surface area (Å²) in [5.74, 6) is 2.05. The number of amides is 1. The maximum Gasteiger partial charge on any atom is 0.253 e. The number of carbonyl (C=O) groups is 1. The number of ether oxygens (including phenoxy) is 2. The molecule has 36 heavy (non-hydrogen) atoms. The lowest BCUT2D eigenvalue weighted by Gasteiger charge is -2.13. The van der Waals surface area contributed by atoms with Crippen molar-refractivity contribution in [3.63, 3.8) is 0 Å². The molecule has 0 aliphatic heterocycles. The highest BCUT2D eigenvalue weighted by Crippen LogP contribution is 2.29. The highest BCUT2D eigenvalue weighted by Gasteiger charge is 2.14. The Morgan fingerprint density at radius 2 is 1.86 bits per heavy atom. The summed E-state index contributed by atoms with van der Waals surface area (Å²) in [4.78, 5) is 17.4. The number of benzene rings is 3. The van der Waals surface area contributed by atoms with Gasteiger partial charge in [-0.3, -0.25) is 4.79 Å². The Kier molecular flexibility index (Phi) is 8.63. The molecule has 0 atom stereocenters. The summed E-state index contributed by atoms with van der Waals surface area (Å²) >= 11 is 6.18. The molecule has 0 fully saturated rings. The minimum Gasteiger partial charge on any atom is -0.493 e. The number of aromatic nitrogens is 2. The van der Waals surface area contributed by atoms with Gasteiger partial charge in [-0.25, -0.2) is 4.98 Å². The van der Waals surface area contributed by atoms with Gasteiger partial charge in [-0.15, -0.1) is 0 Å². The van der Waals surface area contributed by atoms with Crippen LogP contribution in [0.25, 0.3) is 17.1 Å². The van der Waals surface area contributed by atoms with E-state index in [1.807, 2.05) is 55.5 Å². The third kappa shape index (κ3) is 6.07. The zero-order chi connectivity index (χ0) is 25.3. The van der Waals surface area contributed by atoms with Crippen LogP contribution in [0, 0.1) is 0 Å². The van der Waals surface area contributed by atoms with Crippen molar-refractivity contribution in [3.8, 4) is 11.5 Å². The number of methoxy groups -OCH3 is 1. The molecule has 4 aromatic rings. The van der Waals surface area contributed by atoms with E-state index in [0.717, 1.165) is 53.3 Å². The average Bonchev–Trinajstić information content (AvgIpc) is 3.25. The molecule has 6 nitrogen and oxygen atoms in total. The number of hydrogen-bond donors (Lipinski definition) is 1. The van der Waals surface area contributed by atoms with E-state index in [-0.39, 0.29) is 5.91 Å². The van der Waals surface area contributed by atoms with Crippen LogP contribution in [0.3, 0.4) is 0 Å². The number of aryl methyl sites for hydroxylation is 1. The molecule has 0 aliphatic carbocycles. The topological polar surface area (TPSA) is 65.4 Å². The van der Waals surface area contributed by atoms with E-state index >= 15 is 0 Å². The second-order valence-corrected chi connectivity index (χ2v) is 8.70. The zero-order valence-electron chi connectivity index (χ0n) is 20.5. The second-order valence-electron chi connectivity index (χ2n) is 8.30. The van der Waals surface area contributed by atoms with Crippen LogP contribution in [0.1, 0.15) is 41.5 Å². The molecule has 7 heteroatoms. The van der Waals surface area contributed by atoms with E-state index in [4.69, 9.17) is 26.1 Å². The molecule has 4 rings (SSSR count). The summed E-state index contributed by atoms with van der Waals surface area (Å²) < 4.78 is 13.6. The minimum atomic E-state index is -0.220. The van der Waals surface area contributed by atoms with Crippen LogP contribution in [-0.2, 0) is 13.1 Å². The minimum absolute atomic E-state index is 0.220. The van der Waals surface area contributed by atoms with Crippen LogP contribution in [0.4, 0.5) is 0 Å². The quantitative estimate of drug-likeness (QED) is 0.237. The highest BCUT2D eigenvalue weighted by molar-refractivity contribution is 6.33. The van der Waals surface area contributed by atoms with Crippen molar-refractivity contribution in [3.05, 3.63) is 94.8 Å². The number of nitrogens with one attached hydrogen (secondary N) is 1. The standard InChI is InChI=1S/C29H30ClN3O3/c1-3-10-21-15-16-26(27(19-21)35-2)36-18-9-8-17-33-25-14-7-6-13-24(25)32-28(33)20-31-29(34)22-11-4-5-12-23(22)30/h3-7,10-16,19H,8-9,17-18,20H2,1-2H3,(H,31,34)/b10-3+. The van der Waals surface area contributed by atoms with Crippen molar-refractivity contribution in [2.75, 3.05) is 13.7 Å². The molecule has 0 aliphatic rings. The first kappa shape index (κ1) is 25.3. The number of unbranched alkanes of at least 4 members (excludes halogenated alkanes) is 1. The summed E-state index contributed by atoms with van der Waals surface area (Å²) in [5, 5.41) is 3.38. The molecule has 1 amide bonds. The van der Waals surface area contributed by atoms with Gasteiger partial charge >= 0.3 is 0 Å². The van der Waals surface area contributed by atoms with Crippen LogP contribution in [-0.4, -0.2) is 29.2 Å². The monoisotopic (exact) mass is 503 g/mol. The normalized spacial score (nSPS) is 11.2. The Morgan fingerprint density at radius 3 is 2.67 bits per heavy atom. The van der Waals surface area contributed by atoms with Crippen molar-refractivity contribution >= 4 is 34.6 Å². The van der Waals surface area contributed by atoms with Gasteiger partial charge in [0.05, 0.1) is 41.9 Å². The van der Waals surface area contributed by atoms with Gasteiger partial charge in [-0.05, 0) is 61.7 Å². The van der Waals surface area contributed by atoms with Crippen LogP contribution in [0.2, 0.25) is 5.02 Å². The first-order valence-electron chi connectivity index (χ1n) is 12.0. The molecule has 0 radical (unpaired) electrons. The lowest BCUT2D eigenvalue weighted by atomic mass is 10.2. The fraction of sp³-hybridized carbons (Fsp3) is 0.241. The number of imidazole rings is 1. The summed E-state index contributed by atoms with van der Waals surface area (Å²) in [6.07, 6.45) is 5.77. The number of para-hydroxylation sites is 2. The van der Waals surface area contributed by atoms with Gasteiger partial charge in [-0.1, -0.05) is 54.1 Å². The van der Waals surface area contributed by atoms with Crippen molar-refractivity contribution in [2.45, 2.75) is 32.9 Å². The number of nitrogens with zero attached hydrogens (tertiary/aromatic N) is 2. The predicted molar refractivity (Wildman–Crippen MR) is 145 cm³/mol. The summed E-state index contributed by atoms with van der Waals surface area (Å²) in [5.41, 5.74) is 3.47. The molecular weight excluding hydrogens is 474 g/mol. The molecule has 0 saturated carbocycles. The van der Waals surface area contributed by atoms with Crippen molar-refractivity contribution < 1.29 is 14.3 Å². The fourth-order valence-electron chi connectivity index (χ4n) is 4.06. The van der Waals surface area contributed by atoms with Gasteiger partial charge in [0.15, 0.2) is 11.5 Å². The number of hydrogen-bond acceptors (Lipinski definition) is 4. The van der Waals surface area contributed by atoms with E-state index in [2.05, 4.69) is 16.0 Å². The maximum absolute atomic E-state index is 12.6. The third-order valence-electron chi connectivity index (χ3n) is 5.84.